The van der Waals surface area contributed by atoms with Crippen LogP contribution in [-0.4, -0.2) is 50.9 Å². The van der Waals surface area contributed by atoms with Crippen molar-refractivity contribution in [3.05, 3.63) is 100 Å². The molecule has 3 aromatic rings. The highest BCUT2D eigenvalue weighted by molar-refractivity contribution is 7.92. The molecule has 1 aliphatic heterocycles. The van der Waals surface area contributed by atoms with E-state index < -0.39 is 39.7 Å². The van der Waals surface area contributed by atoms with E-state index in [-0.39, 0.29) is 13.0 Å². The maximum Gasteiger partial charge on any atom is 0.251 e. The van der Waals surface area contributed by atoms with Crippen LogP contribution in [0.5, 0.6) is 0 Å². The minimum absolute atomic E-state index is 0.00137. The van der Waals surface area contributed by atoms with Crippen molar-refractivity contribution < 1.29 is 27.1 Å². The van der Waals surface area contributed by atoms with Gasteiger partial charge in [-0.1, -0.05) is 31.2 Å². The van der Waals surface area contributed by atoms with Gasteiger partial charge in [-0.2, -0.15) is 0 Å². The summed E-state index contributed by atoms with van der Waals surface area (Å²) < 4.78 is 53.1. The quantitative estimate of drug-likeness (QED) is 0.336. The van der Waals surface area contributed by atoms with E-state index in [9.17, 15) is 27.1 Å². The van der Waals surface area contributed by atoms with Gasteiger partial charge in [-0.15, -0.1) is 0 Å². The van der Waals surface area contributed by atoms with E-state index in [0.717, 1.165) is 29.9 Å². The van der Waals surface area contributed by atoms with Gasteiger partial charge in [0.15, 0.2) is 0 Å². The van der Waals surface area contributed by atoms with Gasteiger partial charge < -0.3 is 15.7 Å². The molecule has 0 saturated carbocycles. The summed E-state index contributed by atoms with van der Waals surface area (Å²) in [6.45, 7) is 3.01. The molecule has 208 valence electrons. The fraction of sp³-hybridized carbons (Fsp3) is 0.345. The number of aliphatic hydroxyl groups excluding tert-OH is 1. The monoisotopic (exact) mass is 557 g/mol. The summed E-state index contributed by atoms with van der Waals surface area (Å²) in [5.74, 6) is -1.97. The summed E-state index contributed by atoms with van der Waals surface area (Å²) in [5.41, 5.74) is 4.12. The highest BCUT2D eigenvalue weighted by Crippen LogP contribution is 2.30. The molecular weight excluding hydrogens is 524 g/mol. The van der Waals surface area contributed by atoms with Crippen LogP contribution in [0.4, 0.5) is 14.5 Å². The van der Waals surface area contributed by atoms with E-state index in [2.05, 4.69) is 23.6 Å². The standard InChI is InChI=1S/C29H33F2N3O4S/c1-3-19-5-4-6-20(11-19)17-32-18-28(35)26(14-21-12-24(30)16-25(31)13-21)33-29(36)23-7-8-27-22(15-23)9-10-34(27)39(2,37)38/h4-8,11-13,15-16,26,28,32,35H,3,9-10,14,17-18H2,1-2H3,(H,33,36)/t26-,28-/m0/s1. The topological polar surface area (TPSA) is 98.7 Å². The molecule has 1 aliphatic rings. The van der Waals surface area contributed by atoms with Gasteiger partial charge in [-0.05, 0) is 71.8 Å². The van der Waals surface area contributed by atoms with Gasteiger partial charge in [0.25, 0.3) is 5.91 Å². The first-order chi connectivity index (χ1) is 18.5. The molecule has 2 atom stereocenters. The number of benzene rings is 3. The number of anilines is 1. The Bertz CT molecular complexity index is 1430. The van der Waals surface area contributed by atoms with Crippen LogP contribution in [0.1, 0.15) is 39.5 Å². The number of rotatable bonds is 11. The predicted molar refractivity (Wildman–Crippen MR) is 147 cm³/mol. The zero-order valence-electron chi connectivity index (χ0n) is 22.0. The number of fused-ring (bicyclic) bond motifs is 1. The van der Waals surface area contributed by atoms with Crippen LogP contribution in [0.25, 0.3) is 0 Å². The SMILES string of the molecule is CCc1cccc(CNC[C@H](O)[C@H](Cc2cc(F)cc(F)c2)NC(=O)c2ccc3c(c2)CCN3S(C)(=O)=O)c1. The van der Waals surface area contributed by atoms with Crippen LogP contribution in [0.2, 0.25) is 0 Å². The number of hydrogen-bond acceptors (Lipinski definition) is 5. The second-order valence-corrected chi connectivity index (χ2v) is 11.8. The van der Waals surface area contributed by atoms with Crippen molar-refractivity contribution in [1.82, 2.24) is 10.6 Å². The Morgan fingerprint density at radius 3 is 2.44 bits per heavy atom. The lowest BCUT2D eigenvalue weighted by Gasteiger charge is -2.25. The second kappa shape index (κ2) is 12.2. The van der Waals surface area contributed by atoms with Crippen LogP contribution in [0, 0.1) is 11.6 Å². The summed E-state index contributed by atoms with van der Waals surface area (Å²) in [7, 11) is -3.42. The number of nitrogens with zero attached hydrogens (tertiary/aromatic N) is 1. The Hall–Kier alpha value is -3.34. The van der Waals surface area contributed by atoms with Crippen LogP contribution in [-0.2, 0) is 35.8 Å². The van der Waals surface area contributed by atoms with E-state index in [1.807, 2.05) is 18.2 Å². The molecule has 0 fully saturated rings. The second-order valence-electron chi connectivity index (χ2n) is 9.86. The first-order valence-electron chi connectivity index (χ1n) is 12.9. The molecule has 0 unspecified atom stereocenters. The molecule has 39 heavy (non-hydrogen) atoms. The minimum Gasteiger partial charge on any atom is -0.390 e. The Kier molecular flexibility index (Phi) is 8.99. The van der Waals surface area contributed by atoms with E-state index in [4.69, 9.17) is 0 Å². The molecule has 7 nitrogen and oxygen atoms in total. The van der Waals surface area contributed by atoms with Crippen molar-refractivity contribution in [1.29, 1.82) is 0 Å². The number of carbonyl (C=O) groups excluding carboxylic acids is 1. The molecule has 1 amide bonds. The third-order valence-corrected chi connectivity index (χ3v) is 8.02. The average molecular weight is 558 g/mol. The van der Waals surface area contributed by atoms with Crippen molar-refractivity contribution in [2.24, 2.45) is 0 Å². The maximum absolute atomic E-state index is 13.9. The zero-order chi connectivity index (χ0) is 28.2. The molecule has 3 aromatic carbocycles. The first kappa shape index (κ1) is 28.7. The van der Waals surface area contributed by atoms with E-state index >= 15 is 0 Å². The largest absolute Gasteiger partial charge is 0.390 e. The van der Waals surface area contributed by atoms with Crippen molar-refractivity contribution in [2.45, 2.75) is 44.9 Å². The molecule has 1 heterocycles. The summed E-state index contributed by atoms with van der Waals surface area (Å²) in [6, 6.07) is 15.1. The molecule has 0 radical (unpaired) electrons. The van der Waals surface area contributed by atoms with Crippen LogP contribution >= 0.6 is 0 Å². The van der Waals surface area contributed by atoms with Gasteiger partial charge in [0.2, 0.25) is 10.0 Å². The predicted octanol–water partition coefficient (Wildman–Crippen LogP) is 3.34. The normalized spacial score (nSPS) is 14.6. The summed E-state index contributed by atoms with van der Waals surface area (Å²) in [5, 5.41) is 17.0. The Labute approximate surface area is 227 Å². The highest BCUT2D eigenvalue weighted by atomic mass is 32.2. The molecule has 0 aromatic heterocycles. The summed E-state index contributed by atoms with van der Waals surface area (Å²) >= 11 is 0. The lowest BCUT2D eigenvalue weighted by Crippen LogP contribution is -2.48. The Morgan fingerprint density at radius 2 is 1.74 bits per heavy atom. The number of amides is 1. The molecule has 3 N–H and O–H groups in total. The Balaban J connectivity index is 1.49. The number of aliphatic hydroxyl groups is 1. The fourth-order valence-electron chi connectivity index (χ4n) is 4.84. The van der Waals surface area contributed by atoms with Crippen molar-refractivity contribution in [3.8, 4) is 0 Å². The number of sulfonamides is 1. The van der Waals surface area contributed by atoms with Gasteiger partial charge >= 0.3 is 0 Å². The van der Waals surface area contributed by atoms with E-state index in [1.54, 1.807) is 12.1 Å². The Morgan fingerprint density at radius 1 is 1.03 bits per heavy atom. The van der Waals surface area contributed by atoms with Crippen LogP contribution < -0.4 is 14.9 Å². The molecule has 0 saturated heterocycles. The fourth-order valence-corrected chi connectivity index (χ4v) is 5.80. The van der Waals surface area contributed by atoms with Crippen LogP contribution in [0.3, 0.4) is 0 Å². The number of hydrogen-bond donors (Lipinski definition) is 3. The van der Waals surface area contributed by atoms with Gasteiger partial charge in [0.05, 0.1) is 24.1 Å². The number of carbonyl (C=O) groups is 1. The lowest BCUT2D eigenvalue weighted by molar-refractivity contribution is 0.0829. The van der Waals surface area contributed by atoms with Crippen molar-refractivity contribution in [2.75, 3.05) is 23.7 Å². The van der Waals surface area contributed by atoms with Crippen LogP contribution in [0.15, 0.2) is 60.7 Å². The smallest absolute Gasteiger partial charge is 0.251 e. The van der Waals surface area contributed by atoms with Crippen molar-refractivity contribution in [3.63, 3.8) is 0 Å². The third-order valence-electron chi connectivity index (χ3n) is 6.84. The summed E-state index contributed by atoms with van der Waals surface area (Å²) in [4.78, 5) is 13.2. The molecule has 4 rings (SSSR count). The van der Waals surface area contributed by atoms with Gasteiger partial charge in [-0.25, -0.2) is 17.2 Å². The zero-order valence-corrected chi connectivity index (χ0v) is 22.8. The maximum atomic E-state index is 13.9. The molecule has 0 spiro atoms. The molecule has 10 heteroatoms. The molecular formula is C29H33F2N3O4S. The summed E-state index contributed by atoms with van der Waals surface area (Å²) in [6.07, 6.45) is 1.45. The highest BCUT2D eigenvalue weighted by Gasteiger charge is 2.28. The minimum atomic E-state index is -3.42. The molecule has 0 aliphatic carbocycles. The first-order valence-corrected chi connectivity index (χ1v) is 14.7. The lowest BCUT2D eigenvalue weighted by atomic mass is 9.99. The van der Waals surface area contributed by atoms with Gasteiger partial charge in [0.1, 0.15) is 11.6 Å². The van der Waals surface area contributed by atoms with Gasteiger partial charge in [-0.3, -0.25) is 9.10 Å². The van der Waals surface area contributed by atoms with E-state index in [1.165, 1.54) is 28.1 Å². The third kappa shape index (κ3) is 7.40. The van der Waals surface area contributed by atoms with E-state index in [0.29, 0.717) is 36.3 Å². The number of nitrogens with one attached hydrogen (secondary N) is 2. The number of aryl methyl sites for hydroxylation is 1. The van der Waals surface area contributed by atoms with Gasteiger partial charge in [0, 0.05) is 31.3 Å². The molecule has 0 bridgehead atoms. The average Bonchev–Trinajstić information content (AvgIpc) is 3.32. The van der Waals surface area contributed by atoms with Crippen molar-refractivity contribution >= 4 is 21.6 Å². The number of halogens is 2.